The summed E-state index contributed by atoms with van der Waals surface area (Å²) in [5.41, 5.74) is 4.04. The van der Waals surface area contributed by atoms with Crippen molar-refractivity contribution in [2.24, 2.45) is 5.41 Å². The monoisotopic (exact) mass is 348 g/mol. The smallest absolute Gasteiger partial charge is 0.227 e. The molecule has 3 heteroatoms. The van der Waals surface area contributed by atoms with Crippen LogP contribution in [0.1, 0.15) is 29.5 Å². The van der Waals surface area contributed by atoms with Gasteiger partial charge in [-0.2, -0.15) is 0 Å². The molecule has 2 aromatic carbocycles. The summed E-state index contributed by atoms with van der Waals surface area (Å²) in [7, 11) is 2.22. The van der Waals surface area contributed by atoms with E-state index in [1.807, 2.05) is 30.3 Å². The molecule has 0 N–H and O–H groups in total. The maximum absolute atomic E-state index is 13.1. The Morgan fingerprint density at radius 1 is 1.00 bits per heavy atom. The third-order valence-corrected chi connectivity index (χ3v) is 5.97. The predicted octanol–water partition coefficient (Wildman–Crippen LogP) is 3.53. The van der Waals surface area contributed by atoms with Gasteiger partial charge in [-0.05, 0) is 49.5 Å². The van der Waals surface area contributed by atoms with Crippen LogP contribution in [-0.4, -0.2) is 42.4 Å². The van der Waals surface area contributed by atoms with Crippen LogP contribution in [0.5, 0.6) is 0 Å². The van der Waals surface area contributed by atoms with Gasteiger partial charge in [-0.15, -0.1) is 0 Å². The van der Waals surface area contributed by atoms with Gasteiger partial charge >= 0.3 is 0 Å². The highest BCUT2D eigenvalue weighted by Gasteiger charge is 2.39. The molecule has 4 rings (SSSR count). The number of amides is 1. The molecule has 2 aliphatic heterocycles. The van der Waals surface area contributed by atoms with Crippen molar-refractivity contribution in [3.8, 4) is 0 Å². The zero-order valence-electron chi connectivity index (χ0n) is 15.7. The van der Waals surface area contributed by atoms with Crippen LogP contribution in [0.2, 0.25) is 0 Å². The van der Waals surface area contributed by atoms with Gasteiger partial charge in [0.05, 0.1) is 6.42 Å². The van der Waals surface area contributed by atoms with Crippen LogP contribution in [0.4, 0.5) is 0 Å². The molecule has 2 aliphatic rings. The second-order valence-corrected chi connectivity index (χ2v) is 8.20. The number of nitrogens with zero attached hydrogens (tertiary/aromatic N) is 2. The van der Waals surface area contributed by atoms with Gasteiger partial charge < -0.3 is 9.80 Å². The van der Waals surface area contributed by atoms with Gasteiger partial charge in [0, 0.05) is 25.0 Å². The fourth-order valence-electron chi connectivity index (χ4n) is 4.80. The molecule has 0 saturated carbocycles. The van der Waals surface area contributed by atoms with E-state index >= 15 is 0 Å². The molecule has 0 radical (unpaired) electrons. The molecule has 2 aromatic rings. The first-order valence-corrected chi connectivity index (χ1v) is 9.71. The average Bonchev–Trinajstić information content (AvgIpc) is 2.79. The number of fused-ring (bicyclic) bond motifs is 1. The second kappa shape index (κ2) is 7.24. The summed E-state index contributed by atoms with van der Waals surface area (Å²) in [6, 6.07) is 18.8. The minimum Gasteiger partial charge on any atom is -0.337 e. The maximum Gasteiger partial charge on any atom is 0.227 e. The van der Waals surface area contributed by atoms with Crippen molar-refractivity contribution in [1.82, 2.24) is 9.80 Å². The van der Waals surface area contributed by atoms with Crippen molar-refractivity contribution in [3.05, 3.63) is 71.3 Å². The van der Waals surface area contributed by atoms with E-state index in [2.05, 4.69) is 41.1 Å². The summed E-state index contributed by atoms with van der Waals surface area (Å²) in [5, 5.41) is 0. The second-order valence-electron chi connectivity index (χ2n) is 8.20. The summed E-state index contributed by atoms with van der Waals surface area (Å²) in [4.78, 5) is 17.7. The molecule has 2 heterocycles. The third kappa shape index (κ3) is 3.68. The van der Waals surface area contributed by atoms with E-state index in [1.165, 1.54) is 30.5 Å². The number of hydrogen-bond acceptors (Lipinski definition) is 2. The van der Waals surface area contributed by atoms with E-state index in [0.717, 1.165) is 31.6 Å². The van der Waals surface area contributed by atoms with Crippen molar-refractivity contribution < 1.29 is 4.79 Å². The molecular weight excluding hydrogens is 320 g/mol. The Kier molecular flexibility index (Phi) is 4.82. The van der Waals surface area contributed by atoms with Crippen LogP contribution in [0.25, 0.3) is 0 Å². The van der Waals surface area contributed by atoms with E-state index in [-0.39, 0.29) is 11.3 Å². The molecule has 0 bridgehead atoms. The lowest BCUT2D eigenvalue weighted by Crippen LogP contribution is -2.49. The van der Waals surface area contributed by atoms with Crippen molar-refractivity contribution >= 4 is 5.91 Å². The van der Waals surface area contributed by atoms with Crippen LogP contribution in [0.15, 0.2) is 54.6 Å². The van der Waals surface area contributed by atoms with Gasteiger partial charge in [0.2, 0.25) is 5.91 Å². The minimum atomic E-state index is 0.186. The molecule has 1 fully saturated rings. The average molecular weight is 348 g/mol. The highest BCUT2D eigenvalue weighted by molar-refractivity contribution is 5.79. The third-order valence-electron chi connectivity index (χ3n) is 5.97. The number of carbonyl (C=O) groups is 1. The van der Waals surface area contributed by atoms with Gasteiger partial charge in [-0.1, -0.05) is 54.6 Å². The van der Waals surface area contributed by atoms with E-state index in [4.69, 9.17) is 0 Å². The Labute approximate surface area is 156 Å². The minimum absolute atomic E-state index is 0.186. The molecule has 1 unspecified atom stereocenters. The Balaban J connectivity index is 1.62. The summed E-state index contributed by atoms with van der Waals surface area (Å²) in [6.45, 7) is 3.86. The van der Waals surface area contributed by atoms with E-state index < -0.39 is 0 Å². The highest BCUT2D eigenvalue weighted by Crippen LogP contribution is 2.38. The van der Waals surface area contributed by atoms with Gasteiger partial charge in [-0.25, -0.2) is 0 Å². The maximum atomic E-state index is 13.1. The van der Waals surface area contributed by atoms with Gasteiger partial charge in [0.25, 0.3) is 0 Å². The van der Waals surface area contributed by atoms with Crippen LogP contribution in [-0.2, 0) is 24.2 Å². The van der Waals surface area contributed by atoms with Crippen molar-refractivity contribution in [1.29, 1.82) is 0 Å². The van der Waals surface area contributed by atoms with E-state index in [9.17, 15) is 4.79 Å². The Bertz CT molecular complexity index is 773. The summed E-state index contributed by atoms with van der Waals surface area (Å²) >= 11 is 0. The lowest BCUT2D eigenvalue weighted by atomic mass is 9.75. The van der Waals surface area contributed by atoms with Crippen LogP contribution in [0, 0.1) is 5.41 Å². The number of carbonyl (C=O) groups excluding carboxylic acids is 1. The Morgan fingerprint density at radius 3 is 2.50 bits per heavy atom. The molecule has 1 spiro atoms. The van der Waals surface area contributed by atoms with Gasteiger partial charge in [0.1, 0.15) is 0 Å². The molecule has 26 heavy (non-hydrogen) atoms. The van der Waals surface area contributed by atoms with Gasteiger partial charge in [0.15, 0.2) is 0 Å². The number of hydrogen-bond donors (Lipinski definition) is 0. The zero-order chi connectivity index (χ0) is 18.0. The van der Waals surface area contributed by atoms with E-state index in [0.29, 0.717) is 6.42 Å². The number of likely N-dealkylation sites (tertiary alicyclic amines) is 1. The number of benzene rings is 2. The largest absolute Gasteiger partial charge is 0.337 e. The molecule has 0 aromatic heterocycles. The SMILES string of the molecule is CN1CCCC2(Cc3ccccc3CN(C(=O)Cc3ccccc3)C2)C1. The fourth-order valence-corrected chi connectivity index (χ4v) is 4.80. The molecule has 1 amide bonds. The molecule has 136 valence electrons. The van der Waals surface area contributed by atoms with Crippen LogP contribution >= 0.6 is 0 Å². The Morgan fingerprint density at radius 2 is 1.73 bits per heavy atom. The molecule has 0 aliphatic carbocycles. The van der Waals surface area contributed by atoms with Crippen molar-refractivity contribution in [2.75, 3.05) is 26.7 Å². The molecule has 1 saturated heterocycles. The standard InChI is InChI=1S/C23H28N2O/c1-24-13-7-12-23(17-24)15-20-10-5-6-11-21(20)16-25(18-23)22(26)14-19-8-3-2-4-9-19/h2-6,8-11H,7,12-18H2,1H3. The quantitative estimate of drug-likeness (QED) is 0.829. The summed E-state index contributed by atoms with van der Waals surface area (Å²) < 4.78 is 0. The topological polar surface area (TPSA) is 23.6 Å². The highest BCUT2D eigenvalue weighted by atomic mass is 16.2. The molecule has 3 nitrogen and oxygen atoms in total. The van der Waals surface area contributed by atoms with Gasteiger partial charge in [-0.3, -0.25) is 4.79 Å². The lowest BCUT2D eigenvalue weighted by molar-refractivity contribution is -0.133. The van der Waals surface area contributed by atoms with Crippen LogP contribution < -0.4 is 0 Å². The first-order valence-electron chi connectivity index (χ1n) is 9.71. The fraction of sp³-hybridized carbons (Fsp3) is 0.435. The van der Waals surface area contributed by atoms with Crippen molar-refractivity contribution in [2.45, 2.75) is 32.2 Å². The zero-order valence-corrected chi connectivity index (χ0v) is 15.7. The lowest BCUT2D eigenvalue weighted by Gasteiger charge is -2.43. The summed E-state index contributed by atoms with van der Waals surface area (Å²) in [6.07, 6.45) is 4.01. The number of rotatable bonds is 2. The first kappa shape index (κ1) is 17.3. The summed E-state index contributed by atoms with van der Waals surface area (Å²) in [5.74, 6) is 0.250. The normalized spacial score (nSPS) is 23.5. The van der Waals surface area contributed by atoms with Crippen molar-refractivity contribution in [3.63, 3.8) is 0 Å². The predicted molar refractivity (Wildman–Crippen MR) is 105 cm³/mol. The van der Waals surface area contributed by atoms with Crippen LogP contribution in [0.3, 0.4) is 0 Å². The number of piperidine rings is 1. The first-order chi connectivity index (χ1) is 12.6. The molecular formula is C23H28N2O. The van der Waals surface area contributed by atoms with E-state index in [1.54, 1.807) is 0 Å². The Hall–Kier alpha value is -2.13. The molecule has 1 atom stereocenters.